The Morgan fingerprint density at radius 1 is 1.16 bits per heavy atom. The van der Waals surface area contributed by atoms with Crippen LogP contribution in [0, 0.1) is 17.5 Å². The van der Waals surface area contributed by atoms with E-state index < -0.39 is 64.7 Å². The fourth-order valence-corrected chi connectivity index (χ4v) is 6.35. The van der Waals surface area contributed by atoms with Gasteiger partial charge in [-0.25, -0.2) is 17.9 Å². The molecule has 2 saturated heterocycles. The third kappa shape index (κ3) is 4.74. The zero-order chi connectivity index (χ0) is 26.5. The zero-order valence-corrected chi connectivity index (χ0v) is 20.4. The molecule has 0 spiro atoms. The van der Waals surface area contributed by atoms with Gasteiger partial charge < -0.3 is 30.1 Å². The van der Waals surface area contributed by atoms with E-state index >= 15 is 0 Å². The number of amides is 1. The van der Waals surface area contributed by atoms with E-state index in [1.807, 2.05) is 0 Å². The van der Waals surface area contributed by atoms with Gasteiger partial charge in [-0.1, -0.05) is 5.21 Å². The van der Waals surface area contributed by atoms with Gasteiger partial charge in [0.15, 0.2) is 17.5 Å². The third-order valence-electron chi connectivity index (χ3n) is 7.31. The number of hydrogen-bond acceptors (Lipinski definition) is 9. The van der Waals surface area contributed by atoms with Crippen LogP contribution in [0.1, 0.15) is 31.7 Å². The molecule has 0 unspecified atom stereocenters. The van der Waals surface area contributed by atoms with Crippen molar-refractivity contribution in [1.82, 2.24) is 19.9 Å². The molecule has 202 valence electrons. The lowest BCUT2D eigenvalue weighted by Gasteiger charge is -2.48. The number of carbonyl (C=O) groups is 1. The number of halogens is 3. The van der Waals surface area contributed by atoms with Crippen molar-refractivity contribution in [2.45, 2.75) is 66.3 Å². The summed E-state index contributed by atoms with van der Waals surface area (Å²) in [6.45, 7) is 0.534. The molecule has 10 nitrogen and oxygen atoms in total. The van der Waals surface area contributed by atoms with Crippen molar-refractivity contribution < 1.29 is 43.1 Å². The zero-order valence-electron chi connectivity index (χ0n) is 19.6. The van der Waals surface area contributed by atoms with Crippen molar-refractivity contribution in [3.8, 4) is 11.3 Å². The van der Waals surface area contributed by atoms with E-state index in [9.17, 15) is 38.4 Å². The highest BCUT2D eigenvalue weighted by Crippen LogP contribution is 2.46. The molecular formula is C23H27F3N4O6S. The Balaban J connectivity index is 1.42. The summed E-state index contributed by atoms with van der Waals surface area (Å²) in [4.78, 5) is 14.8. The molecule has 3 aliphatic rings. The lowest BCUT2D eigenvalue weighted by atomic mass is 9.77. The maximum atomic E-state index is 13.7. The number of benzene rings is 1. The van der Waals surface area contributed by atoms with Gasteiger partial charge >= 0.3 is 0 Å². The second kappa shape index (κ2) is 10.2. The maximum absolute atomic E-state index is 13.7. The minimum absolute atomic E-state index is 0.0527. The molecule has 37 heavy (non-hydrogen) atoms. The van der Waals surface area contributed by atoms with Crippen molar-refractivity contribution in [2.75, 3.05) is 19.7 Å². The highest BCUT2D eigenvalue weighted by molar-refractivity contribution is 8.01. The van der Waals surface area contributed by atoms with Crippen LogP contribution < -0.4 is 0 Å². The van der Waals surface area contributed by atoms with Gasteiger partial charge in [0.05, 0.1) is 18.4 Å². The summed E-state index contributed by atoms with van der Waals surface area (Å²) in [7, 11) is 0. The van der Waals surface area contributed by atoms with Crippen LogP contribution in [-0.4, -0.2) is 101 Å². The van der Waals surface area contributed by atoms with Crippen molar-refractivity contribution in [1.29, 1.82) is 0 Å². The predicted molar refractivity (Wildman–Crippen MR) is 124 cm³/mol. The second-order valence-electron chi connectivity index (χ2n) is 9.69. The van der Waals surface area contributed by atoms with Gasteiger partial charge in [-0.05, 0) is 37.8 Å². The summed E-state index contributed by atoms with van der Waals surface area (Å²) in [5.41, 5.74) is -2.57. The van der Waals surface area contributed by atoms with E-state index in [0.717, 1.165) is 41.4 Å². The summed E-state index contributed by atoms with van der Waals surface area (Å²) in [5.74, 6) is -4.73. The SMILES string of the molecule is O=C([C@H](S[C@@H]1O[C@H](CO)[C@H](O)[C@H](n2cc(-c3cc(F)c(F)c(F)c3)nn2)[C@H]1O)C1(O)CCC1)N1CCC1. The molecule has 1 aliphatic carbocycles. The van der Waals surface area contributed by atoms with E-state index in [2.05, 4.69) is 10.3 Å². The number of carbonyl (C=O) groups excluding carboxylic acids is 1. The van der Waals surface area contributed by atoms with Crippen molar-refractivity contribution in [3.05, 3.63) is 35.8 Å². The van der Waals surface area contributed by atoms with Gasteiger partial charge in [0.1, 0.15) is 40.7 Å². The molecule has 1 aromatic carbocycles. The molecule has 1 aromatic heterocycles. The van der Waals surface area contributed by atoms with Crippen LogP contribution in [0.5, 0.6) is 0 Å². The summed E-state index contributed by atoms with van der Waals surface area (Å²) < 4.78 is 47.6. The second-order valence-corrected chi connectivity index (χ2v) is 10.9. The number of thioether (sulfide) groups is 1. The molecule has 0 radical (unpaired) electrons. The summed E-state index contributed by atoms with van der Waals surface area (Å²) in [6, 6.07) is 0.254. The van der Waals surface area contributed by atoms with Crippen molar-refractivity contribution in [3.63, 3.8) is 0 Å². The number of hydrogen-bond donors (Lipinski definition) is 4. The van der Waals surface area contributed by atoms with Crippen LogP contribution >= 0.6 is 11.8 Å². The molecule has 4 N–H and O–H groups in total. The van der Waals surface area contributed by atoms with Crippen LogP contribution in [0.15, 0.2) is 18.3 Å². The number of rotatable bonds is 7. The minimum Gasteiger partial charge on any atom is -0.394 e. The standard InChI is InChI=1S/C23H27F3N4O6S/c24-12-7-11(8-13(25)16(12)26)14-9-30(28-27-14)17-18(32)15(10-31)36-22(19(17)33)37-20(23(35)3-1-4-23)21(34)29-5-2-6-29/h7-9,15,17-20,22,31-33,35H,1-6,10H2/t15-,17+,18+,19-,20+,22+/m1/s1. The summed E-state index contributed by atoms with van der Waals surface area (Å²) >= 11 is 0.932. The molecule has 6 atom stereocenters. The Labute approximate surface area is 214 Å². The van der Waals surface area contributed by atoms with Crippen LogP contribution in [-0.2, 0) is 9.53 Å². The number of aliphatic hydroxyl groups is 4. The number of aliphatic hydroxyl groups excluding tert-OH is 3. The van der Waals surface area contributed by atoms with E-state index in [1.165, 1.54) is 6.20 Å². The topological polar surface area (TPSA) is 141 Å². The van der Waals surface area contributed by atoms with Crippen molar-refractivity contribution >= 4 is 17.7 Å². The van der Waals surface area contributed by atoms with E-state index in [0.29, 0.717) is 25.9 Å². The van der Waals surface area contributed by atoms with Crippen LogP contribution in [0.2, 0.25) is 0 Å². The smallest absolute Gasteiger partial charge is 0.238 e. The Morgan fingerprint density at radius 3 is 2.38 bits per heavy atom. The number of likely N-dealkylation sites (tertiary alicyclic amines) is 1. The van der Waals surface area contributed by atoms with Gasteiger partial charge in [0, 0.05) is 18.7 Å². The Bertz CT molecular complexity index is 1140. The van der Waals surface area contributed by atoms with Gasteiger partial charge in [0.25, 0.3) is 0 Å². The largest absolute Gasteiger partial charge is 0.394 e. The fourth-order valence-electron chi connectivity index (χ4n) is 4.80. The number of aromatic nitrogens is 3. The van der Waals surface area contributed by atoms with E-state index in [1.54, 1.807) is 4.90 Å². The third-order valence-corrected chi connectivity index (χ3v) is 8.88. The first-order chi connectivity index (χ1) is 17.6. The quantitative estimate of drug-likeness (QED) is 0.369. The van der Waals surface area contributed by atoms with Gasteiger partial charge in [-0.3, -0.25) is 4.79 Å². The molecule has 3 heterocycles. The molecule has 3 fully saturated rings. The molecule has 5 rings (SSSR count). The molecule has 1 amide bonds. The average molecular weight is 545 g/mol. The average Bonchev–Trinajstić information content (AvgIpc) is 3.29. The molecule has 1 saturated carbocycles. The number of ether oxygens (including phenoxy) is 1. The number of nitrogens with zero attached hydrogens (tertiary/aromatic N) is 4. The molecular weight excluding hydrogens is 517 g/mol. The summed E-state index contributed by atoms with van der Waals surface area (Å²) in [5, 5.41) is 49.7. The van der Waals surface area contributed by atoms with Crippen LogP contribution in [0.3, 0.4) is 0 Å². The molecule has 2 aliphatic heterocycles. The molecule has 14 heteroatoms. The minimum atomic E-state index is -1.63. The van der Waals surface area contributed by atoms with Crippen LogP contribution in [0.25, 0.3) is 11.3 Å². The van der Waals surface area contributed by atoms with E-state index in [4.69, 9.17) is 4.74 Å². The Kier molecular flexibility index (Phi) is 7.24. The van der Waals surface area contributed by atoms with E-state index in [-0.39, 0.29) is 17.2 Å². The van der Waals surface area contributed by atoms with Crippen molar-refractivity contribution in [2.24, 2.45) is 0 Å². The Hall–Kier alpha value is -2.23. The molecule has 0 bridgehead atoms. The lowest BCUT2D eigenvalue weighted by Crippen LogP contribution is -2.60. The normalized spacial score (nSPS) is 29.9. The first-order valence-corrected chi connectivity index (χ1v) is 12.9. The molecule has 2 aromatic rings. The van der Waals surface area contributed by atoms with Gasteiger partial charge in [-0.2, -0.15) is 0 Å². The Morgan fingerprint density at radius 2 is 1.84 bits per heavy atom. The summed E-state index contributed by atoms with van der Waals surface area (Å²) in [6.07, 6.45) is -0.454. The maximum Gasteiger partial charge on any atom is 0.238 e. The first kappa shape index (κ1) is 26.4. The highest BCUT2D eigenvalue weighted by atomic mass is 32.2. The van der Waals surface area contributed by atoms with Gasteiger partial charge in [-0.15, -0.1) is 16.9 Å². The predicted octanol–water partition coefficient (Wildman–Crippen LogP) is 0.592. The van der Waals surface area contributed by atoms with Crippen LogP contribution in [0.4, 0.5) is 13.2 Å². The first-order valence-electron chi connectivity index (χ1n) is 12.0. The fraction of sp³-hybridized carbons (Fsp3) is 0.609. The van der Waals surface area contributed by atoms with Gasteiger partial charge in [0.2, 0.25) is 5.91 Å². The lowest BCUT2D eigenvalue weighted by molar-refractivity contribution is -0.179. The monoisotopic (exact) mass is 544 g/mol. The highest BCUT2D eigenvalue weighted by Gasteiger charge is 2.53.